The molecule has 2 aromatic carbocycles. The highest BCUT2D eigenvalue weighted by atomic mass is 19.1. The Hall–Kier alpha value is -1.74. The highest BCUT2D eigenvalue weighted by Gasteiger charge is 2.17. The molecule has 2 aromatic rings. The molecule has 0 aliphatic heterocycles. The van der Waals surface area contributed by atoms with E-state index in [-0.39, 0.29) is 17.7 Å². The van der Waals surface area contributed by atoms with Crippen LogP contribution in [0.5, 0.6) is 0 Å². The van der Waals surface area contributed by atoms with Crippen LogP contribution in [0.1, 0.15) is 29.7 Å². The molecule has 1 atom stereocenters. The molecule has 0 aromatic heterocycles. The van der Waals surface area contributed by atoms with E-state index in [1.807, 2.05) is 19.9 Å². The smallest absolute Gasteiger partial charge is 0.128 e. The molecule has 1 unspecified atom stereocenters. The van der Waals surface area contributed by atoms with Gasteiger partial charge in [0, 0.05) is 5.56 Å². The van der Waals surface area contributed by atoms with E-state index in [0.29, 0.717) is 12.1 Å². The van der Waals surface area contributed by atoms with E-state index >= 15 is 0 Å². The maximum atomic E-state index is 13.9. The SMILES string of the molecule is CCNC(c1cc(C)cc(F)c1)c1ccccc1F. The van der Waals surface area contributed by atoms with E-state index in [9.17, 15) is 8.78 Å². The lowest BCUT2D eigenvalue weighted by Crippen LogP contribution is -2.23. The lowest BCUT2D eigenvalue weighted by molar-refractivity contribution is 0.554. The van der Waals surface area contributed by atoms with Gasteiger partial charge in [-0.25, -0.2) is 8.78 Å². The van der Waals surface area contributed by atoms with Crippen molar-refractivity contribution >= 4 is 0 Å². The molecule has 0 spiro atoms. The Morgan fingerprint density at radius 2 is 1.84 bits per heavy atom. The van der Waals surface area contributed by atoms with Crippen LogP contribution in [0.15, 0.2) is 42.5 Å². The number of halogens is 2. The topological polar surface area (TPSA) is 12.0 Å². The van der Waals surface area contributed by atoms with Crippen LogP contribution in [0.4, 0.5) is 8.78 Å². The van der Waals surface area contributed by atoms with Crippen LogP contribution in [0.3, 0.4) is 0 Å². The fraction of sp³-hybridized carbons (Fsp3) is 0.250. The fourth-order valence-corrected chi connectivity index (χ4v) is 2.25. The van der Waals surface area contributed by atoms with Crippen LogP contribution in [0.2, 0.25) is 0 Å². The normalized spacial score (nSPS) is 12.4. The van der Waals surface area contributed by atoms with Gasteiger partial charge < -0.3 is 5.32 Å². The van der Waals surface area contributed by atoms with Crippen molar-refractivity contribution < 1.29 is 8.78 Å². The molecule has 0 fully saturated rings. The van der Waals surface area contributed by atoms with Crippen molar-refractivity contribution in [1.82, 2.24) is 5.32 Å². The number of hydrogen-bond donors (Lipinski definition) is 1. The zero-order valence-electron chi connectivity index (χ0n) is 11.1. The summed E-state index contributed by atoms with van der Waals surface area (Å²) in [4.78, 5) is 0. The standard InChI is InChI=1S/C16H17F2N/c1-3-19-16(14-6-4-5-7-15(14)18)12-8-11(2)9-13(17)10-12/h4-10,16,19H,3H2,1-2H3. The van der Waals surface area contributed by atoms with Crippen molar-refractivity contribution in [3.8, 4) is 0 Å². The first-order valence-corrected chi connectivity index (χ1v) is 6.36. The number of rotatable bonds is 4. The predicted octanol–water partition coefficient (Wildman–Crippen LogP) is 3.97. The molecule has 0 aliphatic rings. The van der Waals surface area contributed by atoms with Crippen molar-refractivity contribution in [2.45, 2.75) is 19.9 Å². The molecule has 0 saturated heterocycles. The van der Waals surface area contributed by atoms with Gasteiger partial charge in [0.15, 0.2) is 0 Å². The Balaban J connectivity index is 2.48. The van der Waals surface area contributed by atoms with E-state index in [1.165, 1.54) is 18.2 Å². The van der Waals surface area contributed by atoms with Crippen LogP contribution in [0, 0.1) is 18.6 Å². The van der Waals surface area contributed by atoms with Gasteiger partial charge in [0.25, 0.3) is 0 Å². The summed E-state index contributed by atoms with van der Waals surface area (Å²) in [5, 5.41) is 3.20. The van der Waals surface area contributed by atoms with E-state index in [4.69, 9.17) is 0 Å². The molecule has 100 valence electrons. The zero-order chi connectivity index (χ0) is 13.8. The van der Waals surface area contributed by atoms with Crippen molar-refractivity contribution in [3.05, 3.63) is 70.8 Å². The number of benzene rings is 2. The zero-order valence-corrected chi connectivity index (χ0v) is 11.1. The summed E-state index contributed by atoms with van der Waals surface area (Å²) in [6.45, 7) is 4.45. The minimum Gasteiger partial charge on any atom is -0.306 e. The Kier molecular flexibility index (Phi) is 4.27. The Bertz CT molecular complexity index is 546. The van der Waals surface area contributed by atoms with Crippen molar-refractivity contribution in [3.63, 3.8) is 0 Å². The molecular formula is C16H17F2N. The molecule has 3 heteroatoms. The summed E-state index contributed by atoms with van der Waals surface area (Å²) in [7, 11) is 0. The van der Waals surface area contributed by atoms with Crippen molar-refractivity contribution in [1.29, 1.82) is 0 Å². The third kappa shape index (κ3) is 3.18. The minimum absolute atomic E-state index is 0.282. The van der Waals surface area contributed by atoms with Crippen molar-refractivity contribution in [2.24, 2.45) is 0 Å². The van der Waals surface area contributed by atoms with Crippen LogP contribution < -0.4 is 5.32 Å². The first-order valence-electron chi connectivity index (χ1n) is 6.36. The van der Waals surface area contributed by atoms with Crippen LogP contribution in [-0.4, -0.2) is 6.54 Å². The predicted molar refractivity (Wildman–Crippen MR) is 73.1 cm³/mol. The average molecular weight is 261 g/mol. The summed E-state index contributed by atoms with van der Waals surface area (Å²) in [5.74, 6) is -0.579. The van der Waals surface area contributed by atoms with Gasteiger partial charge >= 0.3 is 0 Å². The van der Waals surface area contributed by atoms with Crippen LogP contribution in [0.25, 0.3) is 0 Å². The molecular weight excluding hydrogens is 244 g/mol. The molecule has 0 amide bonds. The molecule has 2 rings (SSSR count). The molecule has 0 heterocycles. The van der Waals surface area contributed by atoms with E-state index < -0.39 is 0 Å². The van der Waals surface area contributed by atoms with E-state index in [2.05, 4.69) is 5.32 Å². The first-order chi connectivity index (χ1) is 9.11. The maximum Gasteiger partial charge on any atom is 0.128 e. The van der Waals surface area contributed by atoms with Gasteiger partial charge in [0.2, 0.25) is 0 Å². The number of aryl methyl sites for hydroxylation is 1. The highest BCUT2D eigenvalue weighted by Crippen LogP contribution is 2.25. The van der Waals surface area contributed by atoms with Gasteiger partial charge in [-0.15, -0.1) is 0 Å². The van der Waals surface area contributed by atoms with Gasteiger partial charge in [-0.05, 0) is 42.8 Å². The van der Waals surface area contributed by atoms with Gasteiger partial charge in [-0.2, -0.15) is 0 Å². The Labute approximate surface area is 112 Å². The third-order valence-corrected chi connectivity index (χ3v) is 3.02. The second kappa shape index (κ2) is 5.93. The Morgan fingerprint density at radius 1 is 1.11 bits per heavy atom. The molecule has 1 N–H and O–H groups in total. The lowest BCUT2D eigenvalue weighted by Gasteiger charge is -2.20. The summed E-state index contributed by atoms with van der Waals surface area (Å²) in [6, 6.07) is 11.0. The summed E-state index contributed by atoms with van der Waals surface area (Å²) < 4.78 is 27.4. The molecule has 1 nitrogen and oxygen atoms in total. The fourth-order valence-electron chi connectivity index (χ4n) is 2.25. The molecule has 0 radical (unpaired) electrons. The number of hydrogen-bond acceptors (Lipinski definition) is 1. The van der Waals surface area contributed by atoms with Crippen molar-refractivity contribution in [2.75, 3.05) is 6.54 Å². The first kappa shape index (κ1) is 13.7. The maximum absolute atomic E-state index is 13.9. The molecule has 0 saturated carbocycles. The van der Waals surface area contributed by atoms with Gasteiger partial charge in [0.1, 0.15) is 11.6 Å². The van der Waals surface area contributed by atoms with Gasteiger partial charge in [-0.3, -0.25) is 0 Å². The highest BCUT2D eigenvalue weighted by molar-refractivity contribution is 5.35. The third-order valence-electron chi connectivity index (χ3n) is 3.02. The average Bonchev–Trinajstić information content (AvgIpc) is 2.36. The summed E-state index contributed by atoms with van der Waals surface area (Å²) in [5.41, 5.74) is 2.10. The molecule has 19 heavy (non-hydrogen) atoms. The van der Waals surface area contributed by atoms with E-state index in [0.717, 1.165) is 11.1 Å². The second-order valence-electron chi connectivity index (χ2n) is 4.57. The van der Waals surface area contributed by atoms with Crippen LogP contribution >= 0.6 is 0 Å². The summed E-state index contributed by atoms with van der Waals surface area (Å²) >= 11 is 0. The molecule has 0 bridgehead atoms. The largest absolute Gasteiger partial charge is 0.306 e. The quantitative estimate of drug-likeness (QED) is 0.878. The second-order valence-corrected chi connectivity index (χ2v) is 4.57. The Morgan fingerprint density at radius 3 is 2.47 bits per heavy atom. The van der Waals surface area contributed by atoms with Gasteiger partial charge in [0.05, 0.1) is 6.04 Å². The minimum atomic E-state index is -0.333. The lowest BCUT2D eigenvalue weighted by atomic mass is 9.96. The number of nitrogens with one attached hydrogen (secondary N) is 1. The van der Waals surface area contributed by atoms with E-state index in [1.54, 1.807) is 18.2 Å². The van der Waals surface area contributed by atoms with Gasteiger partial charge in [-0.1, -0.05) is 31.2 Å². The van der Waals surface area contributed by atoms with Crippen LogP contribution in [-0.2, 0) is 0 Å². The summed E-state index contributed by atoms with van der Waals surface area (Å²) in [6.07, 6.45) is 0. The molecule has 0 aliphatic carbocycles. The monoisotopic (exact) mass is 261 g/mol.